The summed E-state index contributed by atoms with van der Waals surface area (Å²) >= 11 is 0. The van der Waals surface area contributed by atoms with Crippen molar-refractivity contribution in [3.8, 4) is 17.2 Å². The molecule has 26 heavy (non-hydrogen) atoms. The number of aryl methyl sites for hydroxylation is 1. The van der Waals surface area contributed by atoms with Crippen molar-refractivity contribution in [3.05, 3.63) is 35.7 Å². The van der Waals surface area contributed by atoms with Gasteiger partial charge >= 0.3 is 0 Å². The number of carbonyl (C=O) groups excluding carboxylic acids is 1. The third-order valence-electron chi connectivity index (χ3n) is 4.54. The van der Waals surface area contributed by atoms with Crippen LogP contribution in [-0.2, 0) is 21.3 Å². The molecule has 0 saturated heterocycles. The summed E-state index contributed by atoms with van der Waals surface area (Å²) in [5.74, 6) is 1.93. The molecule has 7 heteroatoms. The van der Waals surface area contributed by atoms with Crippen molar-refractivity contribution in [2.45, 2.75) is 44.4 Å². The molecule has 1 heterocycles. The summed E-state index contributed by atoms with van der Waals surface area (Å²) in [6, 6.07) is 7.63. The molecule has 1 aromatic heterocycles. The van der Waals surface area contributed by atoms with E-state index in [1.54, 1.807) is 14.0 Å². The van der Waals surface area contributed by atoms with Gasteiger partial charge < -0.3 is 14.5 Å². The number of hydrogen-bond acceptors (Lipinski definition) is 5. The van der Waals surface area contributed by atoms with Crippen LogP contribution in [-0.4, -0.2) is 34.0 Å². The second-order valence-electron chi connectivity index (χ2n) is 6.53. The molecule has 1 fully saturated rings. The molecular weight excluding hydrogens is 352 g/mol. The summed E-state index contributed by atoms with van der Waals surface area (Å²) in [6.07, 6.45) is 4.35. The van der Waals surface area contributed by atoms with Crippen molar-refractivity contribution >= 4 is 16.7 Å². The zero-order chi connectivity index (χ0) is 18.5. The van der Waals surface area contributed by atoms with Crippen LogP contribution >= 0.6 is 0 Å². The van der Waals surface area contributed by atoms with E-state index in [0.29, 0.717) is 17.3 Å². The van der Waals surface area contributed by atoms with E-state index < -0.39 is 10.8 Å². The van der Waals surface area contributed by atoms with E-state index in [1.165, 1.54) is 0 Å². The summed E-state index contributed by atoms with van der Waals surface area (Å²) in [5, 5.41) is 2.96. The number of nitrogens with zero attached hydrogens (tertiary/aromatic N) is 1. The number of oxazole rings is 1. The van der Waals surface area contributed by atoms with E-state index in [1.807, 2.05) is 24.3 Å². The van der Waals surface area contributed by atoms with Crippen LogP contribution in [0.15, 0.2) is 28.7 Å². The molecule has 2 aromatic rings. The molecule has 6 nitrogen and oxygen atoms in total. The van der Waals surface area contributed by atoms with Crippen molar-refractivity contribution in [2.75, 3.05) is 12.9 Å². The van der Waals surface area contributed by atoms with Crippen LogP contribution in [0.4, 0.5) is 0 Å². The standard InChI is InChI=1S/C19H24N2O4S/c1-13-17(11-26(23)12-18(22)20-15-5-3-4-6-15)21-19(25-13)14-7-9-16(24-2)10-8-14/h7-10,15H,3-6,11-12H2,1-2H3,(H,20,22)/t26-/m1/s1. The lowest BCUT2D eigenvalue weighted by Crippen LogP contribution is -2.35. The molecule has 0 bridgehead atoms. The van der Waals surface area contributed by atoms with Gasteiger partial charge in [-0.3, -0.25) is 9.00 Å². The fraction of sp³-hybridized carbons (Fsp3) is 0.474. The molecular formula is C19H24N2O4S. The quantitative estimate of drug-likeness (QED) is 0.803. The fourth-order valence-corrected chi connectivity index (χ4v) is 4.16. The maximum Gasteiger partial charge on any atom is 0.232 e. The van der Waals surface area contributed by atoms with Crippen molar-refractivity contribution in [1.29, 1.82) is 0 Å². The molecule has 3 rings (SSSR count). The lowest BCUT2D eigenvalue weighted by molar-refractivity contribution is -0.119. The van der Waals surface area contributed by atoms with E-state index in [-0.39, 0.29) is 23.5 Å². The molecule has 0 spiro atoms. The zero-order valence-electron chi connectivity index (χ0n) is 15.1. The molecule has 1 saturated carbocycles. The predicted octanol–water partition coefficient (Wildman–Crippen LogP) is 2.97. The largest absolute Gasteiger partial charge is 0.497 e. The smallest absolute Gasteiger partial charge is 0.232 e. The summed E-state index contributed by atoms with van der Waals surface area (Å²) in [7, 11) is 0.298. The van der Waals surface area contributed by atoms with E-state index in [0.717, 1.165) is 37.0 Å². The Balaban J connectivity index is 1.59. The van der Waals surface area contributed by atoms with Gasteiger partial charge in [-0.05, 0) is 44.0 Å². The monoisotopic (exact) mass is 376 g/mol. The maximum atomic E-state index is 12.3. The first-order chi connectivity index (χ1) is 12.5. The van der Waals surface area contributed by atoms with Gasteiger partial charge in [0, 0.05) is 22.4 Å². The minimum absolute atomic E-state index is 0.000664. The van der Waals surface area contributed by atoms with E-state index in [4.69, 9.17) is 9.15 Å². The molecule has 0 aliphatic heterocycles. The second-order valence-corrected chi connectivity index (χ2v) is 7.98. The van der Waals surface area contributed by atoms with E-state index >= 15 is 0 Å². The van der Waals surface area contributed by atoms with Gasteiger partial charge in [0.2, 0.25) is 11.8 Å². The first-order valence-corrected chi connectivity index (χ1v) is 10.3. The SMILES string of the molecule is COc1ccc(-c2nc(C[S@@](=O)CC(=O)NC3CCCC3)c(C)o2)cc1. The summed E-state index contributed by atoms with van der Waals surface area (Å²) in [4.78, 5) is 16.5. The number of methoxy groups -OCH3 is 1. The summed E-state index contributed by atoms with van der Waals surface area (Å²) < 4.78 is 23.2. The van der Waals surface area contributed by atoms with Crippen LogP contribution in [0.2, 0.25) is 0 Å². The van der Waals surface area contributed by atoms with Crippen LogP contribution < -0.4 is 10.1 Å². The third-order valence-corrected chi connectivity index (χ3v) is 5.72. The van der Waals surface area contributed by atoms with Crippen LogP contribution in [0.5, 0.6) is 5.75 Å². The van der Waals surface area contributed by atoms with Gasteiger partial charge in [-0.25, -0.2) is 4.98 Å². The Hall–Kier alpha value is -2.15. The summed E-state index contributed by atoms with van der Waals surface area (Å²) in [5.41, 5.74) is 1.45. The minimum Gasteiger partial charge on any atom is -0.497 e. The molecule has 140 valence electrons. The Morgan fingerprint density at radius 3 is 2.65 bits per heavy atom. The highest BCUT2D eigenvalue weighted by Crippen LogP contribution is 2.24. The van der Waals surface area contributed by atoms with Crippen molar-refractivity contribution in [3.63, 3.8) is 0 Å². The minimum atomic E-state index is -1.31. The Bertz CT molecular complexity index is 779. The van der Waals surface area contributed by atoms with Crippen LogP contribution in [0.25, 0.3) is 11.5 Å². The van der Waals surface area contributed by atoms with E-state index in [2.05, 4.69) is 10.3 Å². The zero-order valence-corrected chi connectivity index (χ0v) is 15.9. The predicted molar refractivity (Wildman–Crippen MR) is 100 cm³/mol. The molecule has 1 N–H and O–H groups in total. The average Bonchev–Trinajstić information content (AvgIpc) is 3.25. The van der Waals surface area contributed by atoms with Gasteiger partial charge in [0.25, 0.3) is 0 Å². The lowest BCUT2D eigenvalue weighted by Gasteiger charge is -2.11. The number of amides is 1. The molecule has 1 aliphatic rings. The van der Waals surface area contributed by atoms with Crippen molar-refractivity contribution in [1.82, 2.24) is 10.3 Å². The summed E-state index contributed by atoms with van der Waals surface area (Å²) in [6.45, 7) is 1.80. The number of benzene rings is 1. The second kappa shape index (κ2) is 8.49. The Kier molecular flexibility index (Phi) is 6.08. The number of hydrogen-bond donors (Lipinski definition) is 1. The van der Waals surface area contributed by atoms with E-state index in [9.17, 15) is 9.00 Å². The van der Waals surface area contributed by atoms with Gasteiger partial charge in [0.1, 0.15) is 17.3 Å². The van der Waals surface area contributed by atoms with Gasteiger partial charge in [0.15, 0.2) is 0 Å². The van der Waals surface area contributed by atoms with Gasteiger partial charge in [0.05, 0.1) is 18.6 Å². The van der Waals surface area contributed by atoms with Crippen molar-refractivity contribution in [2.24, 2.45) is 0 Å². The van der Waals surface area contributed by atoms with Crippen molar-refractivity contribution < 1.29 is 18.2 Å². The maximum absolute atomic E-state index is 12.3. The topological polar surface area (TPSA) is 81.4 Å². The number of rotatable bonds is 7. The lowest BCUT2D eigenvalue weighted by atomic mass is 10.2. The Morgan fingerprint density at radius 1 is 1.31 bits per heavy atom. The normalized spacial score (nSPS) is 15.8. The molecule has 1 atom stereocenters. The molecule has 1 amide bonds. The third kappa shape index (κ3) is 4.72. The first kappa shape index (κ1) is 18.6. The highest BCUT2D eigenvalue weighted by atomic mass is 32.2. The molecule has 1 aliphatic carbocycles. The van der Waals surface area contributed by atoms with Crippen LogP contribution in [0.1, 0.15) is 37.1 Å². The highest BCUT2D eigenvalue weighted by Gasteiger charge is 2.20. The van der Waals surface area contributed by atoms with Gasteiger partial charge in [-0.15, -0.1) is 0 Å². The Labute approximate surface area is 155 Å². The Morgan fingerprint density at radius 2 is 2.00 bits per heavy atom. The molecule has 1 aromatic carbocycles. The fourth-order valence-electron chi connectivity index (χ4n) is 3.11. The number of ether oxygens (including phenoxy) is 1. The number of nitrogens with one attached hydrogen (secondary N) is 1. The molecule has 0 radical (unpaired) electrons. The van der Waals surface area contributed by atoms with Gasteiger partial charge in [-0.2, -0.15) is 0 Å². The number of aromatic nitrogens is 1. The van der Waals surface area contributed by atoms with Crippen LogP contribution in [0, 0.1) is 6.92 Å². The van der Waals surface area contributed by atoms with Gasteiger partial charge in [-0.1, -0.05) is 12.8 Å². The number of carbonyl (C=O) groups is 1. The molecule has 0 unspecified atom stereocenters. The average molecular weight is 376 g/mol. The van der Waals surface area contributed by atoms with Crippen LogP contribution in [0.3, 0.4) is 0 Å². The first-order valence-electron chi connectivity index (χ1n) is 8.80. The highest BCUT2D eigenvalue weighted by molar-refractivity contribution is 7.84.